The standard InChI is InChI=1S/C22H15Cl2F2N5OS/c1-12-15(23)10-27-20(19(12)24)28-18(32)11-33-22-30-29-21(13-5-3-2-4-6-13)31(22)17-8-7-14(25)9-16(17)26/h2-10H,11H2,1H3,(H,27,28,32). The summed E-state index contributed by atoms with van der Waals surface area (Å²) in [6, 6.07) is 12.2. The van der Waals surface area contributed by atoms with E-state index in [1.165, 1.54) is 16.8 Å². The number of carbonyl (C=O) groups is 1. The molecular formula is C22H15Cl2F2N5OS. The molecule has 0 radical (unpaired) electrons. The van der Waals surface area contributed by atoms with Crippen LogP contribution >= 0.6 is 35.0 Å². The van der Waals surface area contributed by atoms with Gasteiger partial charge in [0.05, 0.1) is 21.5 Å². The van der Waals surface area contributed by atoms with E-state index in [1.807, 2.05) is 6.07 Å². The smallest absolute Gasteiger partial charge is 0.236 e. The highest BCUT2D eigenvalue weighted by Gasteiger charge is 2.20. The van der Waals surface area contributed by atoms with E-state index < -0.39 is 17.5 Å². The third kappa shape index (κ3) is 5.00. The van der Waals surface area contributed by atoms with Gasteiger partial charge in [-0.05, 0) is 24.6 Å². The summed E-state index contributed by atoms with van der Waals surface area (Å²) in [5.41, 5.74) is 1.33. The summed E-state index contributed by atoms with van der Waals surface area (Å²) in [7, 11) is 0. The Morgan fingerprint density at radius 3 is 2.61 bits per heavy atom. The van der Waals surface area contributed by atoms with Gasteiger partial charge in [-0.3, -0.25) is 9.36 Å². The Balaban J connectivity index is 1.62. The number of amides is 1. The van der Waals surface area contributed by atoms with Gasteiger partial charge in [0, 0.05) is 17.8 Å². The van der Waals surface area contributed by atoms with Crippen molar-refractivity contribution in [1.29, 1.82) is 0 Å². The van der Waals surface area contributed by atoms with Crippen LogP contribution in [0.1, 0.15) is 5.56 Å². The lowest BCUT2D eigenvalue weighted by atomic mass is 10.2. The third-order valence-electron chi connectivity index (χ3n) is 4.61. The van der Waals surface area contributed by atoms with E-state index in [9.17, 15) is 13.6 Å². The lowest BCUT2D eigenvalue weighted by Crippen LogP contribution is -2.16. The fraction of sp³-hybridized carbons (Fsp3) is 0.0909. The molecule has 6 nitrogen and oxygen atoms in total. The van der Waals surface area contributed by atoms with Crippen molar-refractivity contribution in [2.24, 2.45) is 0 Å². The van der Waals surface area contributed by atoms with Gasteiger partial charge in [0.15, 0.2) is 16.8 Å². The number of nitrogens with one attached hydrogen (secondary N) is 1. The molecule has 11 heteroatoms. The highest BCUT2D eigenvalue weighted by molar-refractivity contribution is 7.99. The van der Waals surface area contributed by atoms with E-state index in [2.05, 4.69) is 20.5 Å². The Labute approximate surface area is 202 Å². The molecule has 168 valence electrons. The first kappa shape index (κ1) is 23.2. The normalized spacial score (nSPS) is 10.9. The number of carbonyl (C=O) groups excluding carboxylic acids is 1. The molecular weight excluding hydrogens is 491 g/mol. The molecule has 0 saturated heterocycles. The molecule has 0 aliphatic carbocycles. The maximum atomic E-state index is 14.7. The minimum Gasteiger partial charge on any atom is -0.309 e. The molecule has 2 aromatic heterocycles. The first-order valence-corrected chi connectivity index (χ1v) is 11.3. The maximum absolute atomic E-state index is 14.7. The summed E-state index contributed by atoms with van der Waals surface area (Å²) >= 11 is 13.2. The monoisotopic (exact) mass is 505 g/mol. The summed E-state index contributed by atoms with van der Waals surface area (Å²) in [4.78, 5) is 16.6. The zero-order valence-electron chi connectivity index (χ0n) is 17.0. The molecule has 0 saturated carbocycles. The number of pyridine rings is 1. The Bertz CT molecular complexity index is 1330. The van der Waals surface area contributed by atoms with Crippen molar-refractivity contribution in [3.05, 3.63) is 82.0 Å². The maximum Gasteiger partial charge on any atom is 0.236 e. The van der Waals surface area contributed by atoms with Gasteiger partial charge in [0.25, 0.3) is 0 Å². The molecule has 0 unspecified atom stereocenters. The molecule has 1 amide bonds. The van der Waals surface area contributed by atoms with Crippen LogP contribution in [-0.4, -0.2) is 31.4 Å². The van der Waals surface area contributed by atoms with Gasteiger partial charge in [-0.1, -0.05) is 65.3 Å². The van der Waals surface area contributed by atoms with Crippen LogP contribution in [0.2, 0.25) is 10.0 Å². The van der Waals surface area contributed by atoms with E-state index in [0.29, 0.717) is 22.0 Å². The number of anilines is 1. The lowest BCUT2D eigenvalue weighted by Gasteiger charge is -2.12. The lowest BCUT2D eigenvalue weighted by molar-refractivity contribution is -0.113. The molecule has 0 bridgehead atoms. The van der Waals surface area contributed by atoms with Crippen LogP contribution in [0.25, 0.3) is 17.1 Å². The quantitative estimate of drug-likeness (QED) is 0.327. The van der Waals surface area contributed by atoms with Crippen molar-refractivity contribution in [3.8, 4) is 17.1 Å². The Morgan fingerprint density at radius 1 is 1.12 bits per heavy atom. The van der Waals surface area contributed by atoms with Crippen molar-refractivity contribution in [2.45, 2.75) is 12.1 Å². The van der Waals surface area contributed by atoms with Crippen molar-refractivity contribution >= 4 is 46.7 Å². The van der Waals surface area contributed by atoms with Crippen LogP contribution in [0.4, 0.5) is 14.6 Å². The summed E-state index contributed by atoms with van der Waals surface area (Å²) in [5.74, 6) is -1.46. The second kappa shape index (κ2) is 9.86. The molecule has 0 fully saturated rings. The summed E-state index contributed by atoms with van der Waals surface area (Å²) < 4.78 is 29.6. The molecule has 33 heavy (non-hydrogen) atoms. The topological polar surface area (TPSA) is 72.7 Å². The molecule has 0 atom stereocenters. The van der Waals surface area contributed by atoms with Gasteiger partial charge in [0.1, 0.15) is 11.6 Å². The first-order valence-electron chi connectivity index (χ1n) is 9.54. The number of hydrogen-bond acceptors (Lipinski definition) is 5. The van der Waals surface area contributed by atoms with E-state index in [1.54, 1.807) is 31.2 Å². The number of thioether (sulfide) groups is 1. The molecule has 4 aromatic rings. The minimum atomic E-state index is -0.786. The summed E-state index contributed by atoms with van der Waals surface area (Å²) in [5, 5.41) is 11.8. The second-order valence-electron chi connectivity index (χ2n) is 6.83. The average molecular weight is 506 g/mol. The van der Waals surface area contributed by atoms with Gasteiger partial charge >= 0.3 is 0 Å². The zero-order chi connectivity index (χ0) is 23.5. The largest absolute Gasteiger partial charge is 0.309 e. The van der Waals surface area contributed by atoms with Gasteiger partial charge in [-0.2, -0.15) is 0 Å². The van der Waals surface area contributed by atoms with E-state index in [4.69, 9.17) is 23.2 Å². The van der Waals surface area contributed by atoms with Crippen LogP contribution in [-0.2, 0) is 4.79 Å². The molecule has 4 rings (SSSR count). The Morgan fingerprint density at radius 2 is 1.88 bits per heavy atom. The van der Waals surface area contributed by atoms with Crippen molar-refractivity contribution in [1.82, 2.24) is 19.7 Å². The molecule has 2 aromatic carbocycles. The van der Waals surface area contributed by atoms with Gasteiger partial charge in [-0.15, -0.1) is 10.2 Å². The van der Waals surface area contributed by atoms with Crippen LogP contribution < -0.4 is 5.32 Å². The molecule has 2 heterocycles. The average Bonchev–Trinajstić information content (AvgIpc) is 3.22. The predicted molar refractivity (Wildman–Crippen MR) is 125 cm³/mol. The highest BCUT2D eigenvalue weighted by Crippen LogP contribution is 2.31. The highest BCUT2D eigenvalue weighted by atomic mass is 35.5. The number of hydrogen-bond donors (Lipinski definition) is 1. The first-order chi connectivity index (χ1) is 15.8. The van der Waals surface area contributed by atoms with Crippen LogP contribution in [0.15, 0.2) is 59.9 Å². The predicted octanol–water partition coefficient (Wildman–Crippen LogP) is 5.95. The van der Waals surface area contributed by atoms with E-state index in [0.717, 1.165) is 23.9 Å². The van der Waals surface area contributed by atoms with Crippen LogP contribution in [0.5, 0.6) is 0 Å². The minimum absolute atomic E-state index is 0.0567. The van der Waals surface area contributed by atoms with Gasteiger partial charge in [0.2, 0.25) is 5.91 Å². The number of halogens is 4. The van der Waals surface area contributed by atoms with Crippen LogP contribution in [0, 0.1) is 18.6 Å². The third-order valence-corrected chi connectivity index (χ3v) is 6.38. The number of nitrogens with zero attached hydrogens (tertiary/aromatic N) is 4. The summed E-state index contributed by atoms with van der Waals surface area (Å²) in [6.45, 7) is 1.71. The van der Waals surface area contributed by atoms with Crippen LogP contribution in [0.3, 0.4) is 0 Å². The van der Waals surface area contributed by atoms with Crippen molar-refractivity contribution in [2.75, 3.05) is 11.1 Å². The second-order valence-corrected chi connectivity index (χ2v) is 8.56. The summed E-state index contributed by atoms with van der Waals surface area (Å²) in [6.07, 6.45) is 1.39. The number of aromatic nitrogens is 4. The number of rotatable bonds is 6. The fourth-order valence-electron chi connectivity index (χ4n) is 2.96. The number of benzene rings is 2. The van der Waals surface area contributed by atoms with Crippen molar-refractivity contribution < 1.29 is 13.6 Å². The molecule has 0 aliphatic rings. The molecule has 0 aliphatic heterocycles. The molecule has 0 spiro atoms. The molecule has 1 N–H and O–H groups in total. The van der Waals surface area contributed by atoms with E-state index in [-0.39, 0.29) is 27.4 Å². The fourth-order valence-corrected chi connectivity index (χ4v) is 4.09. The SMILES string of the molecule is Cc1c(Cl)cnc(NC(=O)CSc2nnc(-c3ccccc3)n2-c2ccc(F)cc2F)c1Cl. The van der Waals surface area contributed by atoms with Crippen molar-refractivity contribution in [3.63, 3.8) is 0 Å². The van der Waals surface area contributed by atoms with Gasteiger partial charge < -0.3 is 5.32 Å². The van der Waals surface area contributed by atoms with E-state index >= 15 is 0 Å². The Kier molecular flexibility index (Phi) is 6.92. The zero-order valence-corrected chi connectivity index (χ0v) is 19.3. The van der Waals surface area contributed by atoms with Gasteiger partial charge in [-0.25, -0.2) is 13.8 Å². The Hall–Kier alpha value is -3.01.